The Morgan fingerprint density at radius 1 is 1.42 bits per heavy atom. The van der Waals surface area contributed by atoms with E-state index in [1.807, 2.05) is 0 Å². The molecule has 0 aliphatic rings. The predicted molar refractivity (Wildman–Crippen MR) is 44.2 cm³/mol. The van der Waals surface area contributed by atoms with E-state index in [0.717, 1.165) is 18.4 Å². The van der Waals surface area contributed by atoms with Gasteiger partial charge in [-0.05, 0) is 18.4 Å². The van der Waals surface area contributed by atoms with Crippen LogP contribution in [0.25, 0.3) is 0 Å². The van der Waals surface area contributed by atoms with Crippen LogP contribution in [0.5, 0.6) is 0 Å². The molecule has 1 aromatic heterocycles. The molecular formula is C8H11N3O. The Morgan fingerprint density at radius 2 is 2.08 bits per heavy atom. The van der Waals surface area contributed by atoms with Crippen molar-refractivity contribution in [2.75, 3.05) is 0 Å². The number of rotatable bonds is 4. The summed E-state index contributed by atoms with van der Waals surface area (Å²) < 4.78 is 0. The number of hydrogen-bond acceptors (Lipinski definition) is 3. The number of aromatic nitrogens is 2. The molecule has 0 radical (unpaired) electrons. The second kappa shape index (κ2) is 4.43. The summed E-state index contributed by atoms with van der Waals surface area (Å²) in [7, 11) is 0. The van der Waals surface area contributed by atoms with E-state index in [2.05, 4.69) is 9.97 Å². The van der Waals surface area contributed by atoms with Crippen molar-refractivity contribution >= 4 is 5.91 Å². The zero-order valence-electron chi connectivity index (χ0n) is 6.73. The van der Waals surface area contributed by atoms with Crippen LogP contribution in [0, 0.1) is 0 Å². The second-order valence-electron chi connectivity index (χ2n) is 2.57. The van der Waals surface area contributed by atoms with Crippen LogP contribution in [0.4, 0.5) is 0 Å². The van der Waals surface area contributed by atoms with Crippen LogP contribution in [-0.4, -0.2) is 15.9 Å². The third-order valence-electron chi connectivity index (χ3n) is 1.50. The average molecular weight is 165 g/mol. The fourth-order valence-corrected chi connectivity index (χ4v) is 0.926. The number of hydrogen-bond donors (Lipinski definition) is 1. The van der Waals surface area contributed by atoms with Crippen LogP contribution in [0.15, 0.2) is 18.7 Å². The highest BCUT2D eigenvalue weighted by molar-refractivity contribution is 5.73. The third kappa shape index (κ3) is 3.09. The lowest BCUT2D eigenvalue weighted by Gasteiger charge is -1.96. The first kappa shape index (κ1) is 8.64. The molecular weight excluding hydrogens is 154 g/mol. The van der Waals surface area contributed by atoms with Gasteiger partial charge in [0.1, 0.15) is 6.33 Å². The van der Waals surface area contributed by atoms with E-state index in [0.29, 0.717) is 6.42 Å². The summed E-state index contributed by atoms with van der Waals surface area (Å²) in [5.41, 5.74) is 6.03. The lowest BCUT2D eigenvalue weighted by molar-refractivity contribution is -0.118. The third-order valence-corrected chi connectivity index (χ3v) is 1.50. The van der Waals surface area contributed by atoms with E-state index in [1.54, 1.807) is 12.4 Å². The van der Waals surface area contributed by atoms with Gasteiger partial charge in [0, 0.05) is 18.8 Å². The van der Waals surface area contributed by atoms with Gasteiger partial charge in [-0.1, -0.05) is 0 Å². The van der Waals surface area contributed by atoms with Crippen molar-refractivity contribution in [1.82, 2.24) is 9.97 Å². The van der Waals surface area contributed by atoms with Crippen molar-refractivity contribution < 1.29 is 4.79 Å². The molecule has 0 unspecified atom stereocenters. The van der Waals surface area contributed by atoms with Gasteiger partial charge in [0.2, 0.25) is 5.91 Å². The summed E-state index contributed by atoms with van der Waals surface area (Å²) in [5, 5.41) is 0. The Bertz CT molecular complexity index is 248. The molecule has 0 spiro atoms. The zero-order chi connectivity index (χ0) is 8.81. The lowest BCUT2D eigenvalue weighted by atomic mass is 10.1. The number of aryl methyl sites for hydroxylation is 1. The SMILES string of the molecule is NC(=O)CCCc1cncnc1. The van der Waals surface area contributed by atoms with Crippen LogP contribution in [0.2, 0.25) is 0 Å². The molecule has 2 N–H and O–H groups in total. The first-order chi connectivity index (χ1) is 5.79. The molecule has 1 aromatic rings. The largest absolute Gasteiger partial charge is 0.370 e. The molecule has 0 aliphatic carbocycles. The lowest BCUT2D eigenvalue weighted by Crippen LogP contribution is -2.10. The van der Waals surface area contributed by atoms with Gasteiger partial charge < -0.3 is 5.73 Å². The minimum atomic E-state index is -0.258. The van der Waals surface area contributed by atoms with E-state index in [-0.39, 0.29) is 5.91 Å². The molecule has 64 valence electrons. The summed E-state index contributed by atoms with van der Waals surface area (Å²) in [6.45, 7) is 0. The fourth-order valence-electron chi connectivity index (χ4n) is 0.926. The molecule has 0 aromatic carbocycles. The minimum absolute atomic E-state index is 0.258. The van der Waals surface area contributed by atoms with E-state index in [4.69, 9.17) is 5.73 Å². The molecule has 12 heavy (non-hydrogen) atoms. The highest BCUT2D eigenvalue weighted by Gasteiger charge is 1.96. The molecule has 0 atom stereocenters. The quantitative estimate of drug-likeness (QED) is 0.696. The number of nitrogens with zero attached hydrogens (tertiary/aromatic N) is 2. The zero-order valence-corrected chi connectivity index (χ0v) is 6.73. The monoisotopic (exact) mass is 165 g/mol. The summed E-state index contributed by atoms with van der Waals surface area (Å²) >= 11 is 0. The van der Waals surface area contributed by atoms with Gasteiger partial charge in [0.05, 0.1) is 0 Å². The molecule has 0 saturated carbocycles. The molecule has 0 bridgehead atoms. The number of carbonyl (C=O) groups is 1. The molecule has 0 aliphatic heterocycles. The van der Waals surface area contributed by atoms with Gasteiger partial charge in [-0.2, -0.15) is 0 Å². The maximum absolute atomic E-state index is 10.4. The Balaban J connectivity index is 2.29. The Labute approximate surface area is 70.8 Å². The van der Waals surface area contributed by atoms with Gasteiger partial charge in [-0.25, -0.2) is 9.97 Å². The van der Waals surface area contributed by atoms with Crippen LogP contribution in [-0.2, 0) is 11.2 Å². The number of amides is 1. The van der Waals surface area contributed by atoms with Crippen LogP contribution < -0.4 is 5.73 Å². The highest BCUT2D eigenvalue weighted by atomic mass is 16.1. The predicted octanol–water partition coefficient (Wildman–Crippen LogP) is 0.285. The van der Waals surface area contributed by atoms with Crippen LogP contribution >= 0.6 is 0 Å². The average Bonchev–Trinajstić information content (AvgIpc) is 2.05. The molecule has 0 saturated heterocycles. The van der Waals surface area contributed by atoms with Crippen molar-refractivity contribution in [3.63, 3.8) is 0 Å². The summed E-state index contributed by atoms with van der Waals surface area (Å²) in [5.74, 6) is -0.258. The van der Waals surface area contributed by atoms with Crippen LogP contribution in [0.3, 0.4) is 0 Å². The normalized spacial score (nSPS) is 9.67. The van der Waals surface area contributed by atoms with Crippen molar-refractivity contribution in [2.45, 2.75) is 19.3 Å². The molecule has 4 heteroatoms. The van der Waals surface area contributed by atoms with Gasteiger partial charge in [-0.15, -0.1) is 0 Å². The molecule has 0 fully saturated rings. The standard InChI is InChI=1S/C8H11N3O/c9-8(12)3-1-2-7-4-10-6-11-5-7/h4-6H,1-3H2,(H2,9,12). The van der Waals surface area contributed by atoms with Crippen LogP contribution in [0.1, 0.15) is 18.4 Å². The summed E-state index contributed by atoms with van der Waals surface area (Å²) in [4.78, 5) is 18.1. The molecule has 1 rings (SSSR count). The first-order valence-corrected chi connectivity index (χ1v) is 3.81. The number of nitrogens with two attached hydrogens (primary N) is 1. The Morgan fingerprint density at radius 3 is 2.67 bits per heavy atom. The molecule has 1 heterocycles. The molecule has 1 amide bonds. The minimum Gasteiger partial charge on any atom is -0.370 e. The number of carbonyl (C=O) groups excluding carboxylic acids is 1. The van der Waals surface area contributed by atoms with E-state index < -0.39 is 0 Å². The van der Waals surface area contributed by atoms with Gasteiger partial charge >= 0.3 is 0 Å². The maximum atomic E-state index is 10.4. The first-order valence-electron chi connectivity index (χ1n) is 3.81. The van der Waals surface area contributed by atoms with Crippen molar-refractivity contribution in [1.29, 1.82) is 0 Å². The highest BCUT2D eigenvalue weighted by Crippen LogP contribution is 2.00. The fraction of sp³-hybridized carbons (Fsp3) is 0.375. The maximum Gasteiger partial charge on any atom is 0.217 e. The summed E-state index contributed by atoms with van der Waals surface area (Å²) in [6.07, 6.45) is 6.97. The van der Waals surface area contributed by atoms with Crippen molar-refractivity contribution in [3.8, 4) is 0 Å². The molecule has 4 nitrogen and oxygen atoms in total. The van der Waals surface area contributed by atoms with Gasteiger partial charge in [0.15, 0.2) is 0 Å². The Hall–Kier alpha value is -1.45. The van der Waals surface area contributed by atoms with Crippen molar-refractivity contribution in [2.24, 2.45) is 5.73 Å². The Kier molecular flexibility index (Phi) is 3.19. The van der Waals surface area contributed by atoms with Crippen molar-refractivity contribution in [3.05, 3.63) is 24.3 Å². The van der Waals surface area contributed by atoms with E-state index in [1.165, 1.54) is 6.33 Å². The second-order valence-corrected chi connectivity index (χ2v) is 2.57. The van der Waals surface area contributed by atoms with E-state index >= 15 is 0 Å². The van der Waals surface area contributed by atoms with Gasteiger partial charge in [0.25, 0.3) is 0 Å². The topological polar surface area (TPSA) is 68.9 Å². The summed E-state index contributed by atoms with van der Waals surface area (Å²) in [6, 6.07) is 0. The van der Waals surface area contributed by atoms with E-state index in [9.17, 15) is 4.79 Å². The smallest absolute Gasteiger partial charge is 0.217 e. The number of primary amides is 1. The van der Waals surface area contributed by atoms with Gasteiger partial charge in [-0.3, -0.25) is 4.79 Å².